The van der Waals surface area contributed by atoms with Crippen molar-refractivity contribution in [2.24, 2.45) is 0 Å². The lowest BCUT2D eigenvalue weighted by atomic mass is 9.31. The second-order valence-electron chi connectivity index (χ2n) is 15.5. The van der Waals surface area contributed by atoms with Gasteiger partial charge in [0.15, 0.2) is 0 Å². The first-order valence-corrected chi connectivity index (χ1v) is 20.3. The average molecular weight is 766 g/mol. The second kappa shape index (κ2) is 12.8. The van der Waals surface area contributed by atoms with Gasteiger partial charge in [0.05, 0.1) is 0 Å². The molecule has 0 saturated heterocycles. The lowest BCUT2D eigenvalue weighted by Crippen LogP contribution is -2.66. The molecule has 8 nitrogen and oxygen atoms in total. The van der Waals surface area contributed by atoms with Gasteiger partial charge in [0.2, 0.25) is 0 Å². The van der Waals surface area contributed by atoms with Crippen LogP contribution in [0.5, 0.6) is 0 Å². The Hall–Kier alpha value is -7.97. The Morgan fingerprint density at radius 1 is 0.350 bits per heavy atom. The lowest BCUT2D eigenvalue weighted by molar-refractivity contribution is 1.07. The summed E-state index contributed by atoms with van der Waals surface area (Å²) in [7, 11) is 0. The molecule has 60 heavy (non-hydrogen) atoms. The maximum absolute atomic E-state index is 5.92. The van der Waals surface area contributed by atoms with Crippen LogP contribution in [0.4, 0.5) is 68.8 Å². The standard InChI is InChI=1S/C50H32B2N8/c1-5-16-33(17-6-1)57-42-28-29-53-31-40(42)52-38-30-39-48(56-47(38)59(35-20-9-3-10-21-35)44-27-15-26-43(57)45(44)52)60(36-22-11-4-12-23-36)50-46-49(54-32-55-50)58(34-18-7-2-8-19-34)41-25-14-13-24-37(41)51(39)46/h1-32H. The molecule has 7 heterocycles. The van der Waals surface area contributed by atoms with Crippen molar-refractivity contribution in [2.45, 2.75) is 0 Å². The maximum atomic E-state index is 5.92. The molecule has 4 aliphatic rings. The Balaban J connectivity index is 1.14. The summed E-state index contributed by atoms with van der Waals surface area (Å²) in [6, 6.07) is 62.3. The zero-order valence-corrected chi connectivity index (χ0v) is 32.2. The van der Waals surface area contributed by atoms with Gasteiger partial charge in [0.25, 0.3) is 13.4 Å². The maximum Gasteiger partial charge on any atom is 0.258 e. The van der Waals surface area contributed by atoms with Gasteiger partial charge in [0, 0.05) is 63.4 Å². The van der Waals surface area contributed by atoms with E-state index in [1.807, 2.05) is 6.20 Å². The lowest BCUT2D eigenvalue weighted by Gasteiger charge is -2.45. The van der Waals surface area contributed by atoms with E-state index in [-0.39, 0.29) is 13.4 Å². The molecular formula is C50H32B2N8. The number of fused-ring (bicyclic) bond motifs is 8. The van der Waals surface area contributed by atoms with E-state index in [1.54, 1.807) is 6.33 Å². The van der Waals surface area contributed by atoms with E-state index in [4.69, 9.17) is 19.9 Å². The molecule has 9 aromatic rings. The molecule has 0 atom stereocenters. The molecule has 10 heteroatoms. The summed E-state index contributed by atoms with van der Waals surface area (Å²) >= 11 is 0. The Kier molecular flexibility index (Phi) is 7.03. The number of hydrogen-bond acceptors (Lipinski definition) is 8. The van der Waals surface area contributed by atoms with Gasteiger partial charge in [-0.3, -0.25) is 19.7 Å². The number of rotatable bonds is 4. The van der Waals surface area contributed by atoms with Crippen LogP contribution in [0.15, 0.2) is 195 Å². The Labute approximate surface area is 347 Å². The van der Waals surface area contributed by atoms with Gasteiger partial charge < -0.3 is 4.90 Å². The largest absolute Gasteiger partial charge is 0.311 e. The molecule has 278 valence electrons. The van der Waals surface area contributed by atoms with E-state index in [2.05, 4.69) is 202 Å². The van der Waals surface area contributed by atoms with Crippen molar-refractivity contribution >= 4 is 115 Å². The predicted molar refractivity (Wildman–Crippen MR) is 246 cm³/mol. The third-order valence-corrected chi connectivity index (χ3v) is 12.4. The third kappa shape index (κ3) is 4.58. The van der Waals surface area contributed by atoms with E-state index in [0.29, 0.717) is 0 Å². The minimum atomic E-state index is -0.195. The van der Waals surface area contributed by atoms with Gasteiger partial charge in [-0.15, -0.1) is 0 Å². The summed E-state index contributed by atoms with van der Waals surface area (Å²) in [5.41, 5.74) is 15.4. The van der Waals surface area contributed by atoms with Crippen LogP contribution >= 0.6 is 0 Å². The smallest absolute Gasteiger partial charge is 0.258 e. The van der Waals surface area contributed by atoms with Gasteiger partial charge in [0.1, 0.15) is 29.6 Å². The van der Waals surface area contributed by atoms with Crippen molar-refractivity contribution < 1.29 is 0 Å². The summed E-state index contributed by atoms with van der Waals surface area (Å²) in [4.78, 5) is 30.2. The summed E-state index contributed by atoms with van der Waals surface area (Å²) in [6.45, 7) is -0.343. The number of para-hydroxylation sites is 5. The molecular weight excluding hydrogens is 734 g/mol. The summed E-state index contributed by atoms with van der Waals surface area (Å²) in [6.07, 6.45) is 5.66. The zero-order valence-electron chi connectivity index (χ0n) is 32.2. The van der Waals surface area contributed by atoms with Crippen molar-refractivity contribution in [3.05, 3.63) is 195 Å². The van der Waals surface area contributed by atoms with Gasteiger partial charge in [-0.05, 0) is 100 Å². The SMILES string of the molecule is c1ccc(N2c3ccncc3B3c4cc5c(nc4N(c4ccccc4)c4cccc2c43)N(c2ccccc2)c2ncnc3c2B5c2ccccc2N3c2ccccc2)cc1. The Morgan fingerprint density at radius 2 is 0.817 bits per heavy atom. The average Bonchev–Trinajstić information content (AvgIpc) is 3.32. The number of anilines is 12. The molecule has 0 aliphatic carbocycles. The molecule has 0 amide bonds. The van der Waals surface area contributed by atoms with Crippen LogP contribution < -0.4 is 52.4 Å². The van der Waals surface area contributed by atoms with Crippen molar-refractivity contribution in [2.75, 3.05) is 19.6 Å². The van der Waals surface area contributed by atoms with Crippen molar-refractivity contribution in [3.8, 4) is 0 Å². The number of hydrogen-bond donors (Lipinski definition) is 0. The highest BCUT2D eigenvalue weighted by molar-refractivity contribution is 7.03. The van der Waals surface area contributed by atoms with Crippen molar-refractivity contribution in [1.29, 1.82) is 0 Å². The molecule has 0 spiro atoms. The van der Waals surface area contributed by atoms with Crippen LogP contribution in [0.25, 0.3) is 0 Å². The number of nitrogens with zero attached hydrogens (tertiary/aromatic N) is 8. The highest BCUT2D eigenvalue weighted by atomic mass is 15.3. The summed E-state index contributed by atoms with van der Waals surface area (Å²) < 4.78 is 0. The fraction of sp³-hybridized carbons (Fsp3) is 0. The molecule has 0 radical (unpaired) electrons. The van der Waals surface area contributed by atoms with Crippen LogP contribution in [-0.4, -0.2) is 33.4 Å². The fourth-order valence-corrected chi connectivity index (χ4v) is 10.1. The normalized spacial score (nSPS) is 13.8. The first kappa shape index (κ1) is 33.0. The number of aromatic nitrogens is 4. The molecule has 4 aliphatic heterocycles. The number of pyridine rings is 2. The molecule has 0 N–H and O–H groups in total. The minimum absolute atomic E-state index is 0.148. The molecule has 0 unspecified atom stereocenters. The third-order valence-electron chi connectivity index (χ3n) is 12.4. The molecule has 13 rings (SSSR count). The summed E-state index contributed by atoms with van der Waals surface area (Å²) in [5.74, 6) is 3.41. The Bertz CT molecular complexity index is 2940. The van der Waals surface area contributed by atoms with Gasteiger partial charge in [-0.1, -0.05) is 103 Å². The van der Waals surface area contributed by atoms with Crippen LogP contribution in [0.1, 0.15) is 0 Å². The van der Waals surface area contributed by atoms with Crippen molar-refractivity contribution in [3.63, 3.8) is 0 Å². The fourth-order valence-electron chi connectivity index (χ4n) is 10.1. The highest BCUT2D eigenvalue weighted by Gasteiger charge is 2.49. The second-order valence-corrected chi connectivity index (χ2v) is 15.5. The highest BCUT2D eigenvalue weighted by Crippen LogP contribution is 2.46. The molecule has 3 aromatic heterocycles. The van der Waals surface area contributed by atoms with Crippen LogP contribution in [0.2, 0.25) is 0 Å². The topological polar surface area (TPSA) is 64.5 Å². The van der Waals surface area contributed by atoms with Gasteiger partial charge in [-0.25, -0.2) is 15.0 Å². The Morgan fingerprint density at radius 3 is 1.47 bits per heavy atom. The predicted octanol–water partition coefficient (Wildman–Crippen LogP) is 7.43. The number of benzene rings is 6. The quantitative estimate of drug-likeness (QED) is 0.172. The minimum Gasteiger partial charge on any atom is -0.311 e. The van der Waals surface area contributed by atoms with Crippen LogP contribution in [0.3, 0.4) is 0 Å². The van der Waals surface area contributed by atoms with Gasteiger partial charge in [-0.2, -0.15) is 0 Å². The van der Waals surface area contributed by atoms with Crippen LogP contribution in [-0.2, 0) is 0 Å². The monoisotopic (exact) mass is 766 g/mol. The van der Waals surface area contributed by atoms with E-state index in [9.17, 15) is 0 Å². The first-order chi connectivity index (χ1) is 29.8. The van der Waals surface area contributed by atoms with Crippen LogP contribution in [0, 0.1) is 0 Å². The van der Waals surface area contributed by atoms with Gasteiger partial charge >= 0.3 is 0 Å². The van der Waals surface area contributed by atoms with E-state index in [1.165, 1.54) is 10.9 Å². The van der Waals surface area contributed by atoms with E-state index < -0.39 is 0 Å². The van der Waals surface area contributed by atoms with E-state index in [0.717, 1.165) is 90.6 Å². The molecule has 0 saturated carbocycles. The van der Waals surface area contributed by atoms with Crippen molar-refractivity contribution in [1.82, 2.24) is 19.9 Å². The zero-order chi connectivity index (χ0) is 39.3. The molecule has 6 aromatic carbocycles. The summed E-state index contributed by atoms with van der Waals surface area (Å²) in [5, 5.41) is 0. The first-order valence-electron chi connectivity index (χ1n) is 20.3. The molecule has 0 fully saturated rings. The van der Waals surface area contributed by atoms with E-state index >= 15 is 0 Å². The molecule has 0 bridgehead atoms.